The van der Waals surface area contributed by atoms with E-state index in [9.17, 15) is 9.18 Å². The number of primary amides is 1. The molecule has 0 saturated carbocycles. The topological polar surface area (TPSA) is 56.0 Å². The second-order valence-electron chi connectivity index (χ2n) is 3.41. The molecule has 0 atom stereocenters. The molecule has 0 radical (unpaired) electrons. The quantitative estimate of drug-likeness (QED) is 0.853. The van der Waals surface area contributed by atoms with Crippen molar-refractivity contribution in [2.75, 3.05) is 0 Å². The minimum Gasteiger partial charge on any atom is -0.366 e. The number of nitrogens with zero attached hydrogens (tertiary/aromatic N) is 1. The van der Waals surface area contributed by atoms with E-state index in [-0.39, 0.29) is 5.56 Å². The van der Waals surface area contributed by atoms with Crippen molar-refractivity contribution in [3.8, 4) is 11.1 Å². The lowest BCUT2D eigenvalue weighted by Gasteiger charge is -2.07. The van der Waals surface area contributed by atoms with Crippen molar-refractivity contribution in [1.29, 1.82) is 0 Å². The van der Waals surface area contributed by atoms with E-state index >= 15 is 0 Å². The third kappa shape index (κ3) is 2.44. The molecule has 1 heterocycles. The standard InChI is InChI=1S/C12H8FIN2O/c13-11-5-7(14)1-2-8(11)10-6-16-4-3-9(10)12(15)17/h1-6H,(H2,15,17). The number of rotatable bonds is 2. The first-order chi connectivity index (χ1) is 8.09. The van der Waals surface area contributed by atoms with E-state index in [4.69, 9.17) is 5.73 Å². The Morgan fingerprint density at radius 3 is 2.71 bits per heavy atom. The number of benzene rings is 1. The zero-order valence-electron chi connectivity index (χ0n) is 8.65. The van der Waals surface area contributed by atoms with Crippen LogP contribution in [0.1, 0.15) is 10.4 Å². The SMILES string of the molecule is NC(=O)c1ccncc1-c1ccc(I)cc1F. The summed E-state index contributed by atoms with van der Waals surface area (Å²) in [5.74, 6) is -0.993. The molecule has 5 heteroatoms. The summed E-state index contributed by atoms with van der Waals surface area (Å²) in [5, 5.41) is 0. The van der Waals surface area contributed by atoms with Crippen molar-refractivity contribution in [2.24, 2.45) is 5.73 Å². The van der Waals surface area contributed by atoms with Crippen molar-refractivity contribution in [3.05, 3.63) is 51.6 Å². The van der Waals surface area contributed by atoms with Gasteiger partial charge in [0.2, 0.25) is 5.91 Å². The monoisotopic (exact) mass is 342 g/mol. The fraction of sp³-hybridized carbons (Fsp3) is 0. The summed E-state index contributed by atoms with van der Waals surface area (Å²) in [5.41, 5.74) is 6.24. The van der Waals surface area contributed by atoms with Crippen LogP contribution in [0.2, 0.25) is 0 Å². The molecule has 0 aliphatic carbocycles. The molecule has 1 amide bonds. The Balaban J connectivity index is 2.64. The van der Waals surface area contributed by atoms with Gasteiger partial charge in [-0.2, -0.15) is 0 Å². The van der Waals surface area contributed by atoms with E-state index in [2.05, 4.69) is 4.98 Å². The van der Waals surface area contributed by atoms with Crippen molar-refractivity contribution in [2.45, 2.75) is 0 Å². The third-order valence-electron chi connectivity index (χ3n) is 2.31. The normalized spacial score (nSPS) is 10.2. The molecule has 0 spiro atoms. The minimum absolute atomic E-state index is 0.264. The molecule has 2 aromatic rings. The van der Waals surface area contributed by atoms with Gasteiger partial charge in [-0.05, 0) is 40.8 Å². The molecule has 0 aliphatic heterocycles. The molecule has 17 heavy (non-hydrogen) atoms. The Hall–Kier alpha value is -1.50. The van der Waals surface area contributed by atoms with Gasteiger partial charge in [0, 0.05) is 27.1 Å². The van der Waals surface area contributed by atoms with Crippen LogP contribution in [0.15, 0.2) is 36.7 Å². The molecule has 2 N–H and O–H groups in total. The molecular formula is C12H8FIN2O. The van der Waals surface area contributed by atoms with Crippen molar-refractivity contribution in [1.82, 2.24) is 4.98 Å². The summed E-state index contributed by atoms with van der Waals surface area (Å²) in [6.07, 6.45) is 2.89. The summed E-state index contributed by atoms with van der Waals surface area (Å²) in [6, 6.07) is 6.25. The highest BCUT2D eigenvalue weighted by Gasteiger charge is 2.13. The van der Waals surface area contributed by atoms with Gasteiger partial charge in [0.15, 0.2) is 0 Å². The predicted octanol–water partition coefficient (Wildman–Crippen LogP) is 2.59. The molecule has 2 rings (SSSR count). The van der Waals surface area contributed by atoms with Crippen LogP contribution in [0.3, 0.4) is 0 Å². The van der Waals surface area contributed by atoms with Crippen LogP contribution < -0.4 is 5.73 Å². The Morgan fingerprint density at radius 1 is 1.29 bits per heavy atom. The van der Waals surface area contributed by atoms with E-state index in [0.29, 0.717) is 11.1 Å². The predicted molar refractivity (Wildman–Crippen MR) is 70.9 cm³/mol. The van der Waals surface area contributed by atoms with Gasteiger partial charge < -0.3 is 5.73 Å². The van der Waals surface area contributed by atoms with Gasteiger partial charge in [-0.3, -0.25) is 9.78 Å². The molecule has 0 unspecified atom stereocenters. The van der Waals surface area contributed by atoms with Crippen molar-refractivity contribution in [3.63, 3.8) is 0 Å². The highest BCUT2D eigenvalue weighted by molar-refractivity contribution is 14.1. The highest BCUT2D eigenvalue weighted by Crippen LogP contribution is 2.26. The van der Waals surface area contributed by atoms with Gasteiger partial charge in [0.25, 0.3) is 0 Å². The molecule has 0 bridgehead atoms. The van der Waals surface area contributed by atoms with E-state index in [1.807, 2.05) is 22.6 Å². The van der Waals surface area contributed by atoms with Gasteiger partial charge in [0.05, 0.1) is 5.56 Å². The molecule has 0 fully saturated rings. The minimum atomic E-state index is -0.597. The number of nitrogens with two attached hydrogens (primary N) is 1. The molecule has 1 aromatic heterocycles. The summed E-state index contributed by atoms with van der Waals surface area (Å²) in [4.78, 5) is 15.1. The summed E-state index contributed by atoms with van der Waals surface area (Å²) >= 11 is 2.02. The molecule has 3 nitrogen and oxygen atoms in total. The second kappa shape index (κ2) is 4.79. The third-order valence-corrected chi connectivity index (χ3v) is 2.98. The van der Waals surface area contributed by atoms with Gasteiger partial charge in [-0.25, -0.2) is 4.39 Å². The molecule has 1 aromatic carbocycles. The lowest BCUT2D eigenvalue weighted by molar-refractivity contribution is 0.100. The Labute approximate surface area is 111 Å². The van der Waals surface area contributed by atoms with E-state index < -0.39 is 11.7 Å². The number of aromatic nitrogens is 1. The maximum absolute atomic E-state index is 13.8. The zero-order valence-corrected chi connectivity index (χ0v) is 10.8. The fourth-order valence-corrected chi connectivity index (χ4v) is 1.99. The van der Waals surface area contributed by atoms with Crippen LogP contribution in [0, 0.1) is 9.39 Å². The summed E-state index contributed by atoms with van der Waals surface area (Å²) < 4.78 is 14.6. The van der Waals surface area contributed by atoms with Gasteiger partial charge in [-0.15, -0.1) is 0 Å². The largest absolute Gasteiger partial charge is 0.366 e. The maximum Gasteiger partial charge on any atom is 0.249 e. The van der Waals surface area contributed by atoms with Crippen LogP contribution >= 0.6 is 22.6 Å². The van der Waals surface area contributed by atoms with Crippen LogP contribution in [0.25, 0.3) is 11.1 Å². The van der Waals surface area contributed by atoms with Crippen LogP contribution in [0.4, 0.5) is 4.39 Å². The number of carbonyl (C=O) groups is 1. The first-order valence-corrected chi connectivity index (χ1v) is 5.86. The van der Waals surface area contributed by atoms with Gasteiger partial charge in [-0.1, -0.05) is 6.07 Å². The van der Waals surface area contributed by atoms with Crippen LogP contribution in [0.5, 0.6) is 0 Å². The lowest BCUT2D eigenvalue weighted by atomic mass is 10.0. The maximum atomic E-state index is 13.8. The molecule has 0 saturated heterocycles. The number of hydrogen-bond donors (Lipinski definition) is 1. The number of pyridine rings is 1. The van der Waals surface area contributed by atoms with Gasteiger partial charge >= 0.3 is 0 Å². The fourth-order valence-electron chi connectivity index (χ4n) is 1.53. The molecular weight excluding hydrogens is 334 g/mol. The first kappa shape index (κ1) is 12.0. The van der Waals surface area contributed by atoms with Crippen molar-refractivity contribution < 1.29 is 9.18 Å². The van der Waals surface area contributed by atoms with Crippen LogP contribution in [-0.4, -0.2) is 10.9 Å². The van der Waals surface area contributed by atoms with Crippen LogP contribution in [-0.2, 0) is 0 Å². The zero-order chi connectivity index (χ0) is 12.4. The smallest absolute Gasteiger partial charge is 0.249 e. The molecule has 0 aliphatic rings. The summed E-state index contributed by atoms with van der Waals surface area (Å²) in [6.45, 7) is 0. The van der Waals surface area contributed by atoms with E-state index in [1.165, 1.54) is 24.5 Å². The summed E-state index contributed by atoms with van der Waals surface area (Å²) in [7, 11) is 0. The number of hydrogen-bond acceptors (Lipinski definition) is 2. The first-order valence-electron chi connectivity index (χ1n) is 4.79. The van der Waals surface area contributed by atoms with E-state index in [0.717, 1.165) is 3.57 Å². The van der Waals surface area contributed by atoms with Gasteiger partial charge in [0.1, 0.15) is 5.82 Å². The Kier molecular flexibility index (Phi) is 3.37. The Bertz CT molecular complexity index is 586. The second-order valence-corrected chi connectivity index (χ2v) is 4.66. The lowest BCUT2D eigenvalue weighted by Crippen LogP contribution is -2.12. The Morgan fingerprint density at radius 2 is 2.06 bits per heavy atom. The molecule has 86 valence electrons. The number of halogens is 2. The average molecular weight is 342 g/mol. The number of carbonyl (C=O) groups excluding carboxylic acids is 1. The van der Waals surface area contributed by atoms with Crippen molar-refractivity contribution >= 4 is 28.5 Å². The highest BCUT2D eigenvalue weighted by atomic mass is 127. The van der Waals surface area contributed by atoms with E-state index in [1.54, 1.807) is 12.1 Å². The average Bonchev–Trinajstić information content (AvgIpc) is 2.29. The number of amides is 1.